The van der Waals surface area contributed by atoms with Crippen LogP contribution in [0.5, 0.6) is 0 Å². The zero-order valence-electron chi connectivity index (χ0n) is 12.8. The molecule has 0 radical (unpaired) electrons. The SMILES string of the molecule is CNCC1CCCN1CC(=O)NCc1ccc(C)c(F)c1. The highest BCUT2D eigenvalue weighted by molar-refractivity contribution is 5.78. The van der Waals surface area contributed by atoms with Crippen molar-refractivity contribution in [1.29, 1.82) is 0 Å². The third kappa shape index (κ3) is 4.51. The van der Waals surface area contributed by atoms with Crippen molar-refractivity contribution >= 4 is 5.91 Å². The molecule has 2 N–H and O–H groups in total. The molecule has 1 aliphatic rings. The second-order valence-corrected chi connectivity index (χ2v) is 5.68. The largest absolute Gasteiger partial charge is 0.351 e. The average molecular weight is 293 g/mol. The normalized spacial score (nSPS) is 18.9. The van der Waals surface area contributed by atoms with E-state index in [-0.39, 0.29) is 11.7 Å². The molecule has 1 aliphatic heterocycles. The van der Waals surface area contributed by atoms with Gasteiger partial charge < -0.3 is 10.6 Å². The van der Waals surface area contributed by atoms with E-state index in [0.29, 0.717) is 24.7 Å². The number of aryl methyl sites for hydroxylation is 1. The van der Waals surface area contributed by atoms with Gasteiger partial charge in [0, 0.05) is 19.1 Å². The van der Waals surface area contributed by atoms with E-state index in [2.05, 4.69) is 15.5 Å². The van der Waals surface area contributed by atoms with Crippen LogP contribution in [0.4, 0.5) is 4.39 Å². The maximum atomic E-state index is 13.4. The molecule has 0 saturated carbocycles. The third-order valence-electron chi connectivity index (χ3n) is 4.01. The molecule has 1 saturated heterocycles. The number of hydrogen-bond donors (Lipinski definition) is 2. The molecule has 21 heavy (non-hydrogen) atoms. The Morgan fingerprint density at radius 3 is 3.00 bits per heavy atom. The molecule has 0 aromatic heterocycles. The standard InChI is InChI=1S/C16H24FN3O/c1-12-5-6-13(8-15(12)17)9-19-16(21)11-20-7-3-4-14(20)10-18-2/h5-6,8,14,18H,3-4,7,9-11H2,1-2H3,(H,19,21). The van der Waals surface area contributed by atoms with Crippen molar-refractivity contribution in [2.24, 2.45) is 0 Å². The van der Waals surface area contributed by atoms with E-state index < -0.39 is 0 Å². The first-order valence-electron chi connectivity index (χ1n) is 7.50. The minimum absolute atomic E-state index is 0.000939. The van der Waals surface area contributed by atoms with Crippen LogP contribution in [0, 0.1) is 12.7 Å². The number of halogens is 1. The van der Waals surface area contributed by atoms with Gasteiger partial charge in [0.1, 0.15) is 5.82 Å². The van der Waals surface area contributed by atoms with Gasteiger partial charge in [-0.3, -0.25) is 9.69 Å². The van der Waals surface area contributed by atoms with E-state index in [1.165, 1.54) is 6.07 Å². The summed E-state index contributed by atoms with van der Waals surface area (Å²) in [5.74, 6) is -0.227. The number of hydrogen-bond acceptors (Lipinski definition) is 3. The topological polar surface area (TPSA) is 44.4 Å². The molecule has 1 amide bonds. The monoisotopic (exact) mass is 293 g/mol. The molecule has 1 heterocycles. The molecule has 2 rings (SSSR count). The molecule has 0 aliphatic carbocycles. The molecule has 0 spiro atoms. The van der Waals surface area contributed by atoms with Crippen LogP contribution in [0.2, 0.25) is 0 Å². The molecule has 1 aromatic carbocycles. The number of rotatable bonds is 6. The van der Waals surface area contributed by atoms with Crippen molar-refractivity contribution in [2.75, 3.05) is 26.7 Å². The summed E-state index contributed by atoms with van der Waals surface area (Å²) in [5.41, 5.74) is 1.41. The molecular weight excluding hydrogens is 269 g/mol. The van der Waals surface area contributed by atoms with Gasteiger partial charge in [-0.25, -0.2) is 4.39 Å². The summed E-state index contributed by atoms with van der Waals surface area (Å²) in [7, 11) is 1.93. The van der Waals surface area contributed by atoms with Crippen LogP contribution in [0.1, 0.15) is 24.0 Å². The Kier molecular flexibility index (Phi) is 5.70. The molecule has 0 bridgehead atoms. The quantitative estimate of drug-likeness (QED) is 0.834. The van der Waals surface area contributed by atoms with Crippen LogP contribution in [0.15, 0.2) is 18.2 Å². The van der Waals surface area contributed by atoms with Crippen molar-refractivity contribution in [1.82, 2.24) is 15.5 Å². The maximum absolute atomic E-state index is 13.4. The predicted octanol–water partition coefficient (Wildman–Crippen LogP) is 1.43. The number of carbonyl (C=O) groups excluding carboxylic acids is 1. The smallest absolute Gasteiger partial charge is 0.234 e. The van der Waals surface area contributed by atoms with Gasteiger partial charge in [-0.15, -0.1) is 0 Å². The van der Waals surface area contributed by atoms with Crippen molar-refractivity contribution in [3.8, 4) is 0 Å². The summed E-state index contributed by atoms with van der Waals surface area (Å²) in [6.07, 6.45) is 2.28. The van der Waals surface area contributed by atoms with Gasteiger partial charge in [-0.2, -0.15) is 0 Å². The van der Waals surface area contributed by atoms with Crippen LogP contribution in [0.3, 0.4) is 0 Å². The van der Waals surface area contributed by atoms with Gasteiger partial charge in [-0.1, -0.05) is 12.1 Å². The lowest BCUT2D eigenvalue weighted by Crippen LogP contribution is -2.43. The van der Waals surface area contributed by atoms with E-state index >= 15 is 0 Å². The Hall–Kier alpha value is -1.46. The summed E-state index contributed by atoms with van der Waals surface area (Å²) in [4.78, 5) is 14.2. The molecule has 1 fully saturated rings. The molecule has 1 atom stereocenters. The van der Waals surface area contributed by atoms with Crippen molar-refractivity contribution in [2.45, 2.75) is 32.4 Å². The first-order valence-corrected chi connectivity index (χ1v) is 7.50. The first kappa shape index (κ1) is 15.9. The molecule has 1 aromatic rings. The van der Waals surface area contributed by atoms with Gasteiger partial charge in [0.25, 0.3) is 0 Å². The van der Waals surface area contributed by atoms with E-state index in [1.807, 2.05) is 13.1 Å². The molecule has 4 nitrogen and oxygen atoms in total. The Bertz CT molecular complexity index is 492. The van der Waals surface area contributed by atoms with Crippen LogP contribution < -0.4 is 10.6 Å². The van der Waals surface area contributed by atoms with Gasteiger partial charge >= 0.3 is 0 Å². The zero-order valence-corrected chi connectivity index (χ0v) is 12.8. The zero-order chi connectivity index (χ0) is 15.2. The number of amides is 1. The second kappa shape index (κ2) is 7.52. The van der Waals surface area contributed by atoms with Crippen LogP contribution in [-0.2, 0) is 11.3 Å². The number of benzene rings is 1. The van der Waals surface area contributed by atoms with Crippen LogP contribution in [0.25, 0.3) is 0 Å². The van der Waals surface area contributed by atoms with Gasteiger partial charge in [0.2, 0.25) is 5.91 Å². The van der Waals surface area contributed by atoms with Crippen LogP contribution in [-0.4, -0.2) is 43.5 Å². The van der Waals surface area contributed by atoms with Gasteiger partial charge in [0.15, 0.2) is 0 Å². The highest BCUT2D eigenvalue weighted by Crippen LogP contribution is 2.15. The Labute approximate surface area is 125 Å². The summed E-state index contributed by atoms with van der Waals surface area (Å²) in [5, 5.41) is 6.03. The molecular formula is C16H24FN3O. The lowest BCUT2D eigenvalue weighted by Gasteiger charge is -2.23. The maximum Gasteiger partial charge on any atom is 0.234 e. The van der Waals surface area contributed by atoms with Gasteiger partial charge in [-0.05, 0) is 50.6 Å². The summed E-state index contributed by atoms with van der Waals surface area (Å²) < 4.78 is 13.4. The number of likely N-dealkylation sites (tertiary alicyclic amines) is 1. The Morgan fingerprint density at radius 1 is 1.48 bits per heavy atom. The first-order chi connectivity index (χ1) is 10.1. The number of nitrogens with zero attached hydrogens (tertiary/aromatic N) is 1. The fraction of sp³-hybridized carbons (Fsp3) is 0.562. The molecule has 116 valence electrons. The van der Waals surface area contributed by atoms with E-state index in [0.717, 1.165) is 31.5 Å². The van der Waals surface area contributed by atoms with E-state index in [9.17, 15) is 9.18 Å². The van der Waals surface area contributed by atoms with E-state index in [1.54, 1.807) is 13.0 Å². The minimum atomic E-state index is -0.227. The summed E-state index contributed by atoms with van der Waals surface area (Å²) >= 11 is 0. The minimum Gasteiger partial charge on any atom is -0.351 e. The Balaban J connectivity index is 1.80. The average Bonchev–Trinajstić information content (AvgIpc) is 2.88. The number of carbonyl (C=O) groups is 1. The van der Waals surface area contributed by atoms with Gasteiger partial charge in [0.05, 0.1) is 6.54 Å². The molecule has 5 heteroatoms. The fourth-order valence-corrected chi connectivity index (χ4v) is 2.76. The second-order valence-electron chi connectivity index (χ2n) is 5.68. The highest BCUT2D eigenvalue weighted by Gasteiger charge is 2.25. The van der Waals surface area contributed by atoms with Crippen molar-refractivity contribution in [3.63, 3.8) is 0 Å². The van der Waals surface area contributed by atoms with Crippen molar-refractivity contribution < 1.29 is 9.18 Å². The Morgan fingerprint density at radius 2 is 2.29 bits per heavy atom. The number of nitrogens with one attached hydrogen (secondary N) is 2. The number of likely N-dealkylation sites (N-methyl/N-ethyl adjacent to an activating group) is 1. The summed E-state index contributed by atoms with van der Waals surface area (Å²) in [6.45, 7) is 4.41. The third-order valence-corrected chi connectivity index (χ3v) is 4.01. The van der Waals surface area contributed by atoms with E-state index in [4.69, 9.17) is 0 Å². The lowest BCUT2D eigenvalue weighted by molar-refractivity contribution is -0.122. The lowest BCUT2D eigenvalue weighted by atomic mass is 10.1. The summed E-state index contributed by atoms with van der Waals surface area (Å²) in [6, 6.07) is 5.51. The fourth-order valence-electron chi connectivity index (χ4n) is 2.76. The van der Waals surface area contributed by atoms with Crippen LogP contribution >= 0.6 is 0 Å². The predicted molar refractivity (Wildman–Crippen MR) is 81.5 cm³/mol. The molecule has 1 unspecified atom stereocenters. The van der Waals surface area contributed by atoms with Crippen molar-refractivity contribution in [3.05, 3.63) is 35.1 Å². The highest BCUT2D eigenvalue weighted by atomic mass is 19.1.